The van der Waals surface area contributed by atoms with E-state index in [1.807, 2.05) is 48.5 Å². The molecule has 6 heteroatoms. The van der Waals surface area contributed by atoms with Gasteiger partial charge in [0, 0.05) is 16.6 Å². The Labute approximate surface area is 128 Å². The Morgan fingerprint density at radius 3 is 2.40 bits per heavy atom. The van der Waals surface area contributed by atoms with Crippen molar-refractivity contribution in [2.75, 3.05) is 12.2 Å². The summed E-state index contributed by atoms with van der Waals surface area (Å²) < 4.78 is 5.18. The fraction of sp³-hybridized carbons (Fsp3) is 0.0714. The Bertz CT molecular complexity index is 715. The molecule has 0 aromatic heterocycles. The minimum atomic E-state index is -2.15. The molecule has 102 valence electrons. The van der Waals surface area contributed by atoms with Crippen LogP contribution in [0.5, 0.6) is 5.75 Å². The zero-order chi connectivity index (χ0) is 14.2. The van der Waals surface area contributed by atoms with Crippen molar-refractivity contribution < 1.29 is 4.74 Å². The average Bonchev–Trinajstić information content (AvgIpc) is 2.47. The number of anilines is 1. The lowest BCUT2D eigenvalue weighted by atomic mass is 10.2. The number of para-hydroxylation sites is 1. The van der Waals surface area contributed by atoms with Gasteiger partial charge in [0.15, 0.2) is 0 Å². The maximum Gasteiger partial charge on any atom is 0.149 e. The maximum atomic E-state index is 5.81. The number of methoxy groups -OCH3 is 1. The van der Waals surface area contributed by atoms with Crippen molar-refractivity contribution in [3.8, 4) is 5.75 Å². The predicted octanol–water partition coefficient (Wildman–Crippen LogP) is 3.02. The van der Waals surface area contributed by atoms with Gasteiger partial charge in [-0.15, -0.1) is 0 Å². The summed E-state index contributed by atoms with van der Waals surface area (Å²) in [5, 5.41) is 7.78. The first-order valence-corrected chi connectivity index (χ1v) is 9.28. The third-order valence-corrected chi connectivity index (χ3v) is 6.92. The maximum absolute atomic E-state index is 5.81. The Balaban J connectivity index is 2.02. The number of benzene rings is 2. The van der Waals surface area contributed by atoms with Crippen molar-refractivity contribution >= 4 is 46.3 Å². The molecule has 20 heavy (non-hydrogen) atoms. The monoisotopic (exact) mass is 320 g/mol. The molecule has 2 aromatic carbocycles. The Morgan fingerprint density at radius 1 is 1.00 bits per heavy atom. The van der Waals surface area contributed by atoms with Crippen LogP contribution in [0.3, 0.4) is 0 Å². The molecule has 1 aliphatic heterocycles. The van der Waals surface area contributed by atoms with E-state index in [2.05, 4.69) is 10.2 Å². The molecule has 0 saturated heterocycles. The standard InChI is InChI=1S/C14H13N2OPS2/c1-17-10-6-8-11(9-7-10)18(20)15-13-5-3-2-4-12(13)14(19)16-18/h2-9H,1H3,(H2,15,16,19,20). The summed E-state index contributed by atoms with van der Waals surface area (Å²) in [7, 11) is 1.65. The normalized spacial score (nSPS) is 20.6. The minimum Gasteiger partial charge on any atom is -0.497 e. The highest BCUT2D eigenvalue weighted by Crippen LogP contribution is 2.45. The molecule has 2 aromatic rings. The van der Waals surface area contributed by atoms with E-state index in [0.29, 0.717) is 4.99 Å². The van der Waals surface area contributed by atoms with Crippen molar-refractivity contribution in [3.63, 3.8) is 0 Å². The van der Waals surface area contributed by atoms with E-state index in [1.165, 1.54) is 0 Å². The minimum absolute atomic E-state index is 0.707. The first kappa shape index (κ1) is 13.6. The van der Waals surface area contributed by atoms with Crippen LogP contribution in [0.4, 0.5) is 5.69 Å². The van der Waals surface area contributed by atoms with Crippen LogP contribution in [0.1, 0.15) is 5.56 Å². The number of fused-ring (bicyclic) bond motifs is 1. The van der Waals surface area contributed by atoms with E-state index < -0.39 is 6.34 Å². The molecule has 3 rings (SSSR count). The van der Waals surface area contributed by atoms with Crippen molar-refractivity contribution in [1.29, 1.82) is 0 Å². The topological polar surface area (TPSA) is 33.3 Å². The van der Waals surface area contributed by atoms with E-state index in [4.69, 9.17) is 28.8 Å². The van der Waals surface area contributed by atoms with Gasteiger partial charge in [-0.25, -0.2) is 0 Å². The van der Waals surface area contributed by atoms with Crippen LogP contribution in [-0.2, 0) is 11.8 Å². The van der Waals surface area contributed by atoms with Gasteiger partial charge >= 0.3 is 0 Å². The van der Waals surface area contributed by atoms with Crippen molar-refractivity contribution in [2.24, 2.45) is 0 Å². The van der Waals surface area contributed by atoms with Crippen LogP contribution >= 0.6 is 18.6 Å². The second kappa shape index (κ2) is 5.17. The van der Waals surface area contributed by atoms with Gasteiger partial charge < -0.3 is 14.9 Å². The lowest BCUT2D eigenvalue weighted by Gasteiger charge is -2.33. The summed E-state index contributed by atoms with van der Waals surface area (Å²) in [6.45, 7) is 0. The molecule has 0 fully saturated rings. The lowest BCUT2D eigenvalue weighted by molar-refractivity contribution is 0.415. The zero-order valence-corrected chi connectivity index (χ0v) is 13.3. The molecule has 1 aliphatic rings. The van der Waals surface area contributed by atoms with E-state index >= 15 is 0 Å². The Hall–Kier alpha value is -1.42. The van der Waals surface area contributed by atoms with Gasteiger partial charge in [-0.05, 0) is 48.2 Å². The first-order chi connectivity index (χ1) is 9.62. The van der Waals surface area contributed by atoms with E-state index in [-0.39, 0.29) is 0 Å². The summed E-state index contributed by atoms with van der Waals surface area (Å²) >= 11 is 11.3. The fourth-order valence-electron chi connectivity index (χ4n) is 2.10. The quantitative estimate of drug-likeness (QED) is 0.657. The third kappa shape index (κ3) is 2.33. The van der Waals surface area contributed by atoms with Gasteiger partial charge in [0.1, 0.15) is 17.1 Å². The van der Waals surface area contributed by atoms with Gasteiger partial charge in [0.2, 0.25) is 0 Å². The van der Waals surface area contributed by atoms with Crippen molar-refractivity contribution in [1.82, 2.24) is 5.09 Å². The van der Waals surface area contributed by atoms with Crippen molar-refractivity contribution in [2.45, 2.75) is 0 Å². The Morgan fingerprint density at radius 2 is 1.70 bits per heavy atom. The van der Waals surface area contributed by atoms with Crippen LogP contribution in [0.2, 0.25) is 0 Å². The summed E-state index contributed by atoms with van der Waals surface area (Å²) in [5.41, 5.74) is 1.99. The number of hydrogen-bond donors (Lipinski definition) is 2. The summed E-state index contributed by atoms with van der Waals surface area (Å²) in [5.74, 6) is 0.815. The molecule has 1 atom stereocenters. The third-order valence-electron chi connectivity index (χ3n) is 3.14. The van der Waals surface area contributed by atoms with Gasteiger partial charge in [-0.3, -0.25) is 0 Å². The molecule has 0 spiro atoms. The molecular formula is C14H13N2OPS2. The highest BCUT2D eigenvalue weighted by Gasteiger charge is 2.27. The summed E-state index contributed by atoms with van der Waals surface area (Å²) in [6, 6.07) is 15.7. The molecule has 1 heterocycles. The van der Waals surface area contributed by atoms with E-state index in [1.54, 1.807) is 7.11 Å². The molecule has 2 N–H and O–H groups in total. The van der Waals surface area contributed by atoms with Crippen LogP contribution < -0.4 is 20.2 Å². The molecule has 0 amide bonds. The fourth-order valence-corrected chi connectivity index (χ4v) is 5.62. The number of ether oxygens (including phenoxy) is 1. The molecular weight excluding hydrogens is 307 g/mol. The summed E-state index contributed by atoms with van der Waals surface area (Å²) in [6.07, 6.45) is -2.15. The van der Waals surface area contributed by atoms with Gasteiger partial charge in [0.05, 0.1) is 7.11 Å². The molecule has 0 saturated carbocycles. The first-order valence-electron chi connectivity index (χ1n) is 6.07. The predicted molar refractivity (Wildman–Crippen MR) is 91.8 cm³/mol. The van der Waals surface area contributed by atoms with Gasteiger partial charge in [-0.1, -0.05) is 24.4 Å². The number of hydrogen-bond acceptors (Lipinski definition) is 3. The number of nitrogens with one attached hydrogen (secondary N) is 2. The number of thiocarbonyl (C=S) groups is 1. The van der Waals surface area contributed by atoms with Crippen molar-refractivity contribution in [3.05, 3.63) is 54.1 Å². The highest BCUT2D eigenvalue weighted by molar-refractivity contribution is 8.18. The zero-order valence-electron chi connectivity index (χ0n) is 10.8. The SMILES string of the molecule is COc1ccc(P2(=S)NC(=S)c3ccccc3N2)cc1. The second-order valence-corrected chi connectivity index (χ2v) is 8.64. The van der Waals surface area contributed by atoms with Crippen LogP contribution in [0.15, 0.2) is 48.5 Å². The largest absolute Gasteiger partial charge is 0.497 e. The van der Waals surface area contributed by atoms with Crippen LogP contribution in [0, 0.1) is 0 Å². The molecule has 0 aliphatic carbocycles. The van der Waals surface area contributed by atoms with Gasteiger partial charge in [-0.2, -0.15) is 0 Å². The number of rotatable bonds is 2. The van der Waals surface area contributed by atoms with Gasteiger partial charge in [0.25, 0.3) is 0 Å². The highest BCUT2D eigenvalue weighted by atomic mass is 32.4. The molecule has 3 nitrogen and oxygen atoms in total. The lowest BCUT2D eigenvalue weighted by Crippen LogP contribution is -2.33. The van der Waals surface area contributed by atoms with Crippen LogP contribution in [0.25, 0.3) is 0 Å². The van der Waals surface area contributed by atoms with E-state index in [0.717, 1.165) is 22.3 Å². The summed E-state index contributed by atoms with van der Waals surface area (Å²) in [4.78, 5) is 0.707. The molecule has 0 bridgehead atoms. The molecule has 0 radical (unpaired) electrons. The molecule has 1 unspecified atom stereocenters. The smallest absolute Gasteiger partial charge is 0.149 e. The van der Waals surface area contributed by atoms with E-state index in [9.17, 15) is 0 Å². The Kier molecular flexibility index (Phi) is 3.50. The van der Waals surface area contributed by atoms with Crippen LogP contribution in [-0.4, -0.2) is 12.1 Å². The average molecular weight is 320 g/mol. The second-order valence-electron chi connectivity index (χ2n) is 4.41.